The molecule has 1 saturated carbocycles. The van der Waals surface area contributed by atoms with Gasteiger partial charge in [-0.2, -0.15) is 0 Å². The van der Waals surface area contributed by atoms with E-state index in [0.29, 0.717) is 5.92 Å². The Morgan fingerprint density at radius 3 is 2.60 bits per heavy atom. The maximum absolute atomic E-state index is 11.7. The molecule has 0 spiro atoms. The van der Waals surface area contributed by atoms with Gasteiger partial charge >= 0.3 is 0 Å². The summed E-state index contributed by atoms with van der Waals surface area (Å²) >= 11 is 0. The third-order valence-electron chi connectivity index (χ3n) is 4.45. The number of benzene rings is 1. The van der Waals surface area contributed by atoms with E-state index in [0.717, 1.165) is 38.5 Å². The summed E-state index contributed by atoms with van der Waals surface area (Å²) in [4.78, 5) is 0. The SMILES string of the molecule is CS(=O)(=O)C1CCCC(CCC(N)c2ccccc2)C1. The maximum Gasteiger partial charge on any atom is 0.150 e. The molecule has 112 valence electrons. The van der Waals surface area contributed by atoms with Crippen molar-refractivity contribution < 1.29 is 8.42 Å². The molecule has 1 aromatic rings. The van der Waals surface area contributed by atoms with Gasteiger partial charge in [0.2, 0.25) is 0 Å². The van der Waals surface area contributed by atoms with Crippen LogP contribution in [0.1, 0.15) is 50.1 Å². The Balaban J connectivity index is 1.85. The smallest absolute Gasteiger partial charge is 0.150 e. The van der Waals surface area contributed by atoms with Crippen molar-refractivity contribution in [1.29, 1.82) is 0 Å². The molecule has 2 N–H and O–H groups in total. The highest BCUT2D eigenvalue weighted by atomic mass is 32.2. The van der Waals surface area contributed by atoms with Crippen LogP contribution in [-0.2, 0) is 9.84 Å². The molecule has 1 aromatic carbocycles. The van der Waals surface area contributed by atoms with Crippen molar-refractivity contribution in [2.75, 3.05) is 6.26 Å². The van der Waals surface area contributed by atoms with E-state index in [1.54, 1.807) is 0 Å². The van der Waals surface area contributed by atoms with E-state index in [9.17, 15) is 8.42 Å². The molecule has 3 atom stereocenters. The Morgan fingerprint density at radius 2 is 1.95 bits per heavy atom. The monoisotopic (exact) mass is 295 g/mol. The predicted molar refractivity (Wildman–Crippen MR) is 83.2 cm³/mol. The zero-order valence-corrected chi connectivity index (χ0v) is 13.0. The van der Waals surface area contributed by atoms with Crippen LogP contribution >= 0.6 is 0 Å². The first-order valence-corrected chi connectivity index (χ1v) is 9.41. The van der Waals surface area contributed by atoms with Gasteiger partial charge in [0.05, 0.1) is 5.25 Å². The molecule has 0 saturated heterocycles. The van der Waals surface area contributed by atoms with Crippen LogP contribution in [0, 0.1) is 5.92 Å². The fraction of sp³-hybridized carbons (Fsp3) is 0.625. The second-order valence-corrected chi connectivity index (χ2v) is 8.40. The molecular weight excluding hydrogens is 270 g/mol. The Hall–Kier alpha value is -0.870. The summed E-state index contributed by atoms with van der Waals surface area (Å²) in [6.45, 7) is 0. The van der Waals surface area contributed by atoms with E-state index in [1.165, 1.54) is 11.8 Å². The lowest BCUT2D eigenvalue weighted by atomic mass is 9.84. The molecule has 0 amide bonds. The zero-order chi connectivity index (χ0) is 14.6. The fourth-order valence-corrected chi connectivity index (χ4v) is 4.39. The molecular formula is C16H25NO2S. The zero-order valence-electron chi connectivity index (χ0n) is 12.2. The summed E-state index contributed by atoms with van der Waals surface area (Å²) in [5, 5.41) is -0.130. The van der Waals surface area contributed by atoms with Gasteiger partial charge in [-0.05, 0) is 37.2 Å². The van der Waals surface area contributed by atoms with E-state index >= 15 is 0 Å². The number of hydrogen-bond donors (Lipinski definition) is 1. The molecule has 0 heterocycles. The molecule has 0 aromatic heterocycles. The third-order valence-corrected chi connectivity index (χ3v) is 6.09. The highest BCUT2D eigenvalue weighted by molar-refractivity contribution is 7.91. The summed E-state index contributed by atoms with van der Waals surface area (Å²) in [6, 6.07) is 10.2. The molecule has 0 bridgehead atoms. The first-order valence-electron chi connectivity index (χ1n) is 7.46. The average molecular weight is 295 g/mol. The van der Waals surface area contributed by atoms with Crippen LogP contribution in [0.3, 0.4) is 0 Å². The third kappa shape index (κ3) is 4.32. The molecule has 4 heteroatoms. The Morgan fingerprint density at radius 1 is 1.25 bits per heavy atom. The number of nitrogens with two attached hydrogens (primary N) is 1. The second-order valence-electron chi connectivity index (χ2n) is 6.08. The molecule has 20 heavy (non-hydrogen) atoms. The normalized spacial score (nSPS) is 25.3. The van der Waals surface area contributed by atoms with Crippen molar-refractivity contribution in [2.24, 2.45) is 11.7 Å². The van der Waals surface area contributed by atoms with Crippen LogP contribution in [0.2, 0.25) is 0 Å². The lowest BCUT2D eigenvalue weighted by Gasteiger charge is -2.28. The fourth-order valence-electron chi connectivity index (χ4n) is 3.17. The Kier molecular flexibility index (Phi) is 5.22. The van der Waals surface area contributed by atoms with Gasteiger partial charge in [-0.15, -0.1) is 0 Å². The van der Waals surface area contributed by atoms with Crippen molar-refractivity contribution in [3.05, 3.63) is 35.9 Å². The summed E-state index contributed by atoms with van der Waals surface area (Å²) in [5.74, 6) is 0.512. The molecule has 1 aliphatic carbocycles. The van der Waals surface area contributed by atoms with Crippen LogP contribution in [0.15, 0.2) is 30.3 Å². The average Bonchev–Trinajstić information content (AvgIpc) is 2.45. The molecule has 3 unspecified atom stereocenters. The summed E-state index contributed by atoms with van der Waals surface area (Å²) in [7, 11) is -2.88. The van der Waals surface area contributed by atoms with Crippen LogP contribution in [0.25, 0.3) is 0 Å². The molecule has 1 fully saturated rings. The Labute approximate surface area is 122 Å². The quantitative estimate of drug-likeness (QED) is 0.908. The molecule has 1 aliphatic rings. The van der Waals surface area contributed by atoms with E-state index in [-0.39, 0.29) is 11.3 Å². The number of sulfone groups is 1. The summed E-state index contributed by atoms with van der Waals surface area (Å²) in [6.07, 6.45) is 7.17. The Bertz CT molecular complexity index is 513. The van der Waals surface area contributed by atoms with E-state index in [1.807, 2.05) is 18.2 Å². The molecule has 3 nitrogen and oxygen atoms in total. The van der Waals surface area contributed by atoms with E-state index in [4.69, 9.17) is 5.73 Å². The van der Waals surface area contributed by atoms with Gasteiger partial charge in [-0.25, -0.2) is 8.42 Å². The minimum atomic E-state index is -2.88. The van der Waals surface area contributed by atoms with Gasteiger partial charge in [0, 0.05) is 12.3 Å². The van der Waals surface area contributed by atoms with Crippen LogP contribution < -0.4 is 5.73 Å². The highest BCUT2D eigenvalue weighted by Gasteiger charge is 2.28. The van der Waals surface area contributed by atoms with Gasteiger partial charge in [0.25, 0.3) is 0 Å². The van der Waals surface area contributed by atoms with Crippen molar-refractivity contribution in [3.63, 3.8) is 0 Å². The van der Waals surface area contributed by atoms with Crippen LogP contribution in [-0.4, -0.2) is 19.9 Å². The largest absolute Gasteiger partial charge is 0.324 e. The van der Waals surface area contributed by atoms with Gasteiger partial charge < -0.3 is 5.73 Å². The van der Waals surface area contributed by atoms with Crippen LogP contribution in [0.5, 0.6) is 0 Å². The topological polar surface area (TPSA) is 60.2 Å². The van der Waals surface area contributed by atoms with Crippen molar-refractivity contribution in [2.45, 2.75) is 49.8 Å². The van der Waals surface area contributed by atoms with Crippen LogP contribution in [0.4, 0.5) is 0 Å². The van der Waals surface area contributed by atoms with Gasteiger partial charge in [-0.1, -0.05) is 43.2 Å². The first kappa shape index (κ1) is 15.5. The van der Waals surface area contributed by atoms with Crippen molar-refractivity contribution in [1.82, 2.24) is 0 Å². The first-order chi connectivity index (χ1) is 9.47. The minimum Gasteiger partial charge on any atom is -0.324 e. The number of hydrogen-bond acceptors (Lipinski definition) is 3. The summed E-state index contributed by atoms with van der Waals surface area (Å²) in [5.41, 5.74) is 7.38. The lowest BCUT2D eigenvalue weighted by molar-refractivity contribution is 0.324. The minimum absolute atomic E-state index is 0.0646. The van der Waals surface area contributed by atoms with Gasteiger partial charge in [-0.3, -0.25) is 0 Å². The molecule has 0 aliphatic heterocycles. The molecule has 2 rings (SSSR count). The summed E-state index contributed by atoms with van der Waals surface area (Å²) < 4.78 is 23.3. The molecule has 0 radical (unpaired) electrons. The van der Waals surface area contributed by atoms with Gasteiger partial charge in [0.1, 0.15) is 9.84 Å². The highest BCUT2D eigenvalue weighted by Crippen LogP contribution is 2.32. The van der Waals surface area contributed by atoms with E-state index < -0.39 is 9.84 Å². The lowest BCUT2D eigenvalue weighted by Crippen LogP contribution is -2.27. The van der Waals surface area contributed by atoms with E-state index in [2.05, 4.69) is 12.1 Å². The predicted octanol–water partition coefficient (Wildman–Crippen LogP) is 3.07. The second kappa shape index (κ2) is 6.72. The maximum atomic E-state index is 11.7. The standard InChI is InChI=1S/C16H25NO2S/c1-20(18,19)15-9-5-6-13(12-15)10-11-16(17)14-7-3-2-4-8-14/h2-4,7-8,13,15-16H,5-6,9-12,17H2,1H3. The number of rotatable bonds is 5. The van der Waals surface area contributed by atoms with Crippen molar-refractivity contribution >= 4 is 9.84 Å². The van der Waals surface area contributed by atoms with Gasteiger partial charge in [0.15, 0.2) is 0 Å². The van der Waals surface area contributed by atoms with Crippen molar-refractivity contribution in [3.8, 4) is 0 Å².